The maximum atomic E-state index is 13.6. The molecule has 0 saturated carbocycles. The number of nitrogens with zero attached hydrogens (tertiary/aromatic N) is 2. The average molecular weight is 503 g/mol. The summed E-state index contributed by atoms with van der Waals surface area (Å²) in [7, 11) is 2.43. The van der Waals surface area contributed by atoms with Gasteiger partial charge in [-0.25, -0.2) is 18.3 Å². The first kappa shape index (κ1) is 25.1. The van der Waals surface area contributed by atoms with Gasteiger partial charge in [-0.1, -0.05) is 6.07 Å². The number of nitrogens with one attached hydrogen (secondary N) is 1. The molecule has 1 atom stereocenters. The van der Waals surface area contributed by atoms with Crippen molar-refractivity contribution in [2.45, 2.75) is 25.6 Å². The second-order valence-corrected chi connectivity index (χ2v) is 8.12. The third kappa shape index (κ3) is 5.35. The van der Waals surface area contributed by atoms with E-state index in [4.69, 9.17) is 4.74 Å². The van der Waals surface area contributed by atoms with Crippen LogP contribution in [0, 0.1) is 0 Å². The minimum Gasteiger partial charge on any atom is -0.465 e. The molecule has 0 unspecified atom stereocenters. The number of methoxy groups -OCH3 is 1. The second-order valence-electron chi connectivity index (χ2n) is 7.01. The number of halogens is 5. The van der Waals surface area contributed by atoms with Crippen LogP contribution in [0.5, 0.6) is 11.6 Å². The van der Waals surface area contributed by atoms with Gasteiger partial charge in [0, 0.05) is 11.9 Å². The Morgan fingerprint density at radius 3 is 2.50 bits per heavy atom. The quantitative estimate of drug-likeness (QED) is 0.340. The standard InChI is InChI=1S/C21H18F5N3O4S/c1-10(13-7-8-14(34-13)20(31)32-3)27-18(30)15-16(17(22)23)28-29(2)19(15)33-12-6-4-5-11(9-12)21(24,25)26/h4-10,17H,1-3H3,(H,27,30)/t10-/m0/s1. The van der Waals surface area contributed by atoms with Gasteiger partial charge < -0.3 is 14.8 Å². The summed E-state index contributed by atoms with van der Waals surface area (Å²) in [6, 6.07) is 6.13. The van der Waals surface area contributed by atoms with Gasteiger partial charge in [-0.05, 0) is 37.3 Å². The van der Waals surface area contributed by atoms with Crippen LogP contribution in [0.3, 0.4) is 0 Å². The van der Waals surface area contributed by atoms with E-state index in [1.165, 1.54) is 26.3 Å². The molecule has 0 spiro atoms. The Bertz CT molecular complexity index is 1210. The lowest BCUT2D eigenvalue weighted by Gasteiger charge is -2.14. The molecule has 3 aromatic rings. The number of aryl methyl sites for hydroxylation is 1. The number of carbonyl (C=O) groups is 2. The van der Waals surface area contributed by atoms with E-state index in [0.29, 0.717) is 10.9 Å². The van der Waals surface area contributed by atoms with Crippen LogP contribution in [0.4, 0.5) is 22.0 Å². The number of ether oxygens (including phenoxy) is 2. The second kappa shape index (κ2) is 9.79. The van der Waals surface area contributed by atoms with Crippen molar-refractivity contribution in [2.24, 2.45) is 7.05 Å². The van der Waals surface area contributed by atoms with Crippen LogP contribution in [0.1, 0.15) is 55.6 Å². The number of amides is 1. The van der Waals surface area contributed by atoms with Gasteiger partial charge in [-0.15, -0.1) is 11.3 Å². The number of thiophene rings is 1. The molecular weight excluding hydrogens is 485 g/mol. The van der Waals surface area contributed by atoms with Crippen molar-refractivity contribution < 1.29 is 41.0 Å². The highest BCUT2D eigenvalue weighted by Gasteiger charge is 2.33. The van der Waals surface area contributed by atoms with E-state index < -0.39 is 53.2 Å². The van der Waals surface area contributed by atoms with Gasteiger partial charge in [-0.3, -0.25) is 4.79 Å². The molecular formula is C21H18F5N3O4S. The first-order chi connectivity index (χ1) is 15.9. The van der Waals surface area contributed by atoms with Gasteiger partial charge in [0.2, 0.25) is 5.88 Å². The van der Waals surface area contributed by atoms with Crippen molar-refractivity contribution in [1.82, 2.24) is 15.1 Å². The lowest BCUT2D eigenvalue weighted by atomic mass is 10.2. The van der Waals surface area contributed by atoms with Gasteiger partial charge in [0.1, 0.15) is 21.9 Å². The number of alkyl halides is 5. The maximum Gasteiger partial charge on any atom is 0.416 e. The minimum absolute atomic E-state index is 0.279. The number of hydrogen-bond acceptors (Lipinski definition) is 6. The van der Waals surface area contributed by atoms with Crippen LogP contribution < -0.4 is 10.1 Å². The molecule has 0 fully saturated rings. The predicted molar refractivity (Wildman–Crippen MR) is 111 cm³/mol. The fraction of sp³-hybridized carbons (Fsp3) is 0.286. The average Bonchev–Trinajstić information content (AvgIpc) is 3.38. The molecule has 1 N–H and O–H groups in total. The molecule has 7 nitrogen and oxygen atoms in total. The largest absolute Gasteiger partial charge is 0.465 e. The highest BCUT2D eigenvalue weighted by atomic mass is 32.1. The van der Waals surface area contributed by atoms with Crippen LogP contribution >= 0.6 is 11.3 Å². The Morgan fingerprint density at radius 2 is 1.88 bits per heavy atom. The third-order valence-corrected chi connectivity index (χ3v) is 5.87. The van der Waals surface area contributed by atoms with Crippen LogP contribution in [0.2, 0.25) is 0 Å². The first-order valence-electron chi connectivity index (χ1n) is 9.61. The Morgan fingerprint density at radius 1 is 1.18 bits per heavy atom. The lowest BCUT2D eigenvalue weighted by molar-refractivity contribution is -0.137. The number of carbonyl (C=O) groups excluding carboxylic acids is 2. The highest BCUT2D eigenvalue weighted by Crippen LogP contribution is 2.36. The Balaban J connectivity index is 1.92. The Labute approximate surface area is 194 Å². The van der Waals surface area contributed by atoms with Crippen molar-refractivity contribution in [1.29, 1.82) is 0 Å². The molecule has 182 valence electrons. The molecule has 0 bridgehead atoms. The minimum atomic E-state index is -4.65. The normalized spacial score (nSPS) is 12.5. The van der Waals surface area contributed by atoms with E-state index in [2.05, 4.69) is 15.2 Å². The fourth-order valence-corrected chi connectivity index (χ4v) is 3.92. The summed E-state index contributed by atoms with van der Waals surface area (Å²) in [6.07, 6.45) is -7.81. The lowest BCUT2D eigenvalue weighted by Crippen LogP contribution is -2.27. The molecule has 2 heterocycles. The smallest absolute Gasteiger partial charge is 0.416 e. The molecule has 34 heavy (non-hydrogen) atoms. The van der Waals surface area contributed by atoms with Crippen LogP contribution in [-0.4, -0.2) is 28.8 Å². The highest BCUT2D eigenvalue weighted by molar-refractivity contribution is 7.14. The Kier molecular flexibility index (Phi) is 7.24. The van der Waals surface area contributed by atoms with Crippen molar-refractivity contribution in [3.63, 3.8) is 0 Å². The Hall–Kier alpha value is -3.48. The molecule has 0 aliphatic carbocycles. The molecule has 1 aromatic carbocycles. The summed E-state index contributed by atoms with van der Waals surface area (Å²) in [6.45, 7) is 1.57. The van der Waals surface area contributed by atoms with Crippen molar-refractivity contribution in [2.75, 3.05) is 7.11 Å². The number of rotatable bonds is 7. The molecule has 0 saturated heterocycles. The van der Waals surface area contributed by atoms with E-state index in [0.717, 1.165) is 28.2 Å². The van der Waals surface area contributed by atoms with Gasteiger partial charge >= 0.3 is 12.1 Å². The summed E-state index contributed by atoms with van der Waals surface area (Å²) in [5.74, 6) is -2.33. The number of aromatic nitrogens is 2. The van der Waals surface area contributed by atoms with E-state index in [9.17, 15) is 31.5 Å². The molecule has 0 aliphatic rings. The fourth-order valence-electron chi connectivity index (χ4n) is 2.99. The van der Waals surface area contributed by atoms with E-state index in [1.807, 2.05) is 0 Å². The van der Waals surface area contributed by atoms with Gasteiger partial charge in [-0.2, -0.15) is 18.3 Å². The number of esters is 1. The molecule has 2 aromatic heterocycles. The number of hydrogen-bond donors (Lipinski definition) is 1. The summed E-state index contributed by atoms with van der Waals surface area (Å²) in [5, 5.41) is 6.14. The molecule has 1 amide bonds. The maximum absolute atomic E-state index is 13.6. The molecule has 0 radical (unpaired) electrons. The van der Waals surface area contributed by atoms with Gasteiger partial charge in [0.15, 0.2) is 0 Å². The monoisotopic (exact) mass is 503 g/mol. The topological polar surface area (TPSA) is 82.5 Å². The third-order valence-electron chi connectivity index (χ3n) is 4.62. The SMILES string of the molecule is COC(=O)c1ccc([C@H](C)NC(=O)c2c(C(F)F)nn(C)c2Oc2cccc(C(F)(F)F)c2)s1. The van der Waals surface area contributed by atoms with Crippen molar-refractivity contribution >= 4 is 23.2 Å². The zero-order valence-electron chi connectivity index (χ0n) is 17.9. The van der Waals surface area contributed by atoms with Crippen LogP contribution in [0.15, 0.2) is 36.4 Å². The molecule has 0 aliphatic heterocycles. The predicted octanol–water partition coefficient (Wildman–Crippen LogP) is 5.51. The summed E-state index contributed by atoms with van der Waals surface area (Å²) in [5.41, 5.74) is -2.53. The van der Waals surface area contributed by atoms with Crippen molar-refractivity contribution in [3.05, 3.63) is 63.0 Å². The molecule has 13 heteroatoms. The van der Waals surface area contributed by atoms with E-state index in [1.54, 1.807) is 13.0 Å². The van der Waals surface area contributed by atoms with E-state index >= 15 is 0 Å². The zero-order chi connectivity index (χ0) is 25.2. The number of benzene rings is 1. The van der Waals surface area contributed by atoms with Gasteiger partial charge in [0.05, 0.1) is 18.7 Å². The van der Waals surface area contributed by atoms with Gasteiger partial charge in [0.25, 0.3) is 12.3 Å². The summed E-state index contributed by atoms with van der Waals surface area (Å²) in [4.78, 5) is 25.4. The first-order valence-corrected chi connectivity index (χ1v) is 10.4. The summed E-state index contributed by atoms with van der Waals surface area (Å²) < 4.78 is 77.2. The van der Waals surface area contributed by atoms with Crippen LogP contribution in [0.25, 0.3) is 0 Å². The van der Waals surface area contributed by atoms with E-state index in [-0.39, 0.29) is 10.6 Å². The zero-order valence-corrected chi connectivity index (χ0v) is 18.8. The van der Waals surface area contributed by atoms with Crippen LogP contribution in [-0.2, 0) is 18.0 Å². The van der Waals surface area contributed by atoms with Crippen molar-refractivity contribution in [3.8, 4) is 11.6 Å². The summed E-state index contributed by atoms with van der Waals surface area (Å²) >= 11 is 1.04. The molecule has 3 rings (SSSR count).